The summed E-state index contributed by atoms with van der Waals surface area (Å²) in [6.45, 7) is 6.08. The van der Waals surface area contributed by atoms with E-state index in [1.165, 1.54) is 7.11 Å². The first-order valence-corrected chi connectivity index (χ1v) is 5.81. The third-order valence-electron chi connectivity index (χ3n) is 2.33. The van der Waals surface area contributed by atoms with Crippen molar-refractivity contribution < 1.29 is 14.3 Å². The third kappa shape index (κ3) is 5.16. The van der Waals surface area contributed by atoms with Crippen LogP contribution in [0.5, 0.6) is 0 Å². The molecule has 88 valence electrons. The molecule has 0 saturated carbocycles. The van der Waals surface area contributed by atoms with Gasteiger partial charge in [0.15, 0.2) is 0 Å². The monoisotopic (exact) mass is 279 g/mol. The molecule has 5 heteroatoms. The molecular weight excluding hydrogens is 262 g/mol. The van der Waals surface area contributed by atoms with Crippen molar-refractivity contribution in [2.45, 2.75) is 25.6 Å². The lowest BCUT2D eigenvalue weighted by Crippen LogP contribution is -2.38. The average Bonchev–Trinajstić information content (AvgIpc) is 2.22. The third-order valence-corrected chi connectivity index (χ3v) is 3.02. The number of amides is 1. The van der Waals surface area contributed by atoms with Crippen LogP contribution >= 0.6 is 15.9 Å². The number of nitrogens with one attached hydrogen (secondary N) is 1. The standard InChI is InChI=1S/C10H18BrNO3/c1-6(2)7(3)9(13)12-5-8(11)10(14)15-4/h6-8H,5H2,1-4H3,(H,12,13). The van der Waals surface area contributed by atoms with Gasteiger partial charge in [-0.1, -0.05) is 36.7 Å². The van der Waals surface area contributed by atoms with Crippen LogP contribution in [-0.2, 0) is 14.3 Å². The fourth-order valence-corrected chi connectivity index (χ4v) is 1.21. The SMILES string of the molecule is COC(=O)C(Br)CNC(=O)C(C)C(C)C. The Morgan fingerprint density at radius 2 is 1.87 bits per heavy atom. The maximum atomic E-state index is 11.5. The molecule has 0 spiro atoms. The molecule has 0 radical (unpaired) electrons. The van der Waals surface area contributed by atoms with Crippen molar-refractivity contribution in [3.63, 3.8) is 0 Å². The smallest absolute Gasteiger partial charge is 0.321 e. The molecule has 2 unspecified atom stereocenters. The Labute approximate surface area is 98.9 Å². The van der Waals surface area contributed by atoms with Gasteiger partial charge < -0.3 is 10.1 Å². The number of methoxy groups -OCH3 is 1. The van der Waals surface area contributed by atoms with Crippen molar-refractivity contribution in [3.8, 4) is 0 Å². The van der Waals surface area contributed by atoms with Gasteiger partial charge in [0.05, 0.1) is 7.11 Å². The van der Waals surface area contributed by atoms with Gasteiger partial charge in [0.2, 0.25) is 5.91 Å². The fourth-order valence-electron chi connectivity index (χ4n) is 0.865. The molecule has 0 rings (SSSR count). The van der Waals surface area contributed by atoms with Crippen molar-refractivity contribution >= 4 is 27.8 Å². The van der Waals surface area contributed by atoms with E-state index in [0.29, 0.717) is 0 Å². The number of hydrogen-bond acceptors (Lipinski definition) is 3. The second kappa shape index (κ2) is 6.82. The topological polar surface area (TPSA) is 55.4 Å². The van der Waals surface area contributed by atoms with E-state index in [1.54, 1.807) is 0 Å². The summed E-state index contributed by atoms with van der Waals surface area (Å²) in [7, 11) is 1.31. The maximum Gasteiger partial charge on any atom is 0.321 e. The lowest BCUT2D eigenvalue weighted by atomic mass is 9.97. The minimum absolute atomic E-state index is 0.0432. The molecule has 0 aliphatic rings. The molecule has 0 saturated heterocycles. The summed E-state index contributed by atoms with van der Waals surface area (Å²) < 4.78 is 4.52. The summed E-state index contributed by atoms with van der Waals surface area (Å²) in [5, 5.41) is 2.69. The molecule has 4 nitrogen and oxygen atoms in total. The van der Waals surface area contributed by atoms with E-state index in [2.05, 4.69) is 26.0 Å². The van der Waals surface area contributed by atoms with Crippen molar-refractivity contribution in [2.24, 2.45) is 11.8 Å². The number of carbonyl (C=O) groups excluding carboxylic acids is 2. The van der Waals surface area contributed by atoms with Crippen molar-refractivity contribution in [1.82, 2.24) is 5.32 Å². The number of alkyl halides is 1. The minimum atomic E-state index is -0.481. The van der Waals surface area contributed by atoms with Gasteiger partial charge in [-0.2, -0.15) is 0 Å². The molecule has 2 atom stereocenters. The number of hydrogen-bond donors (Lipinski definition) is 1. The van der Waals surface area contributed by atoms with Gasteiger partial charge >= 0.3 is 5.97 Å². The largest absolute Gasteiger partial charge is 0.468 e. The van der Waals surface area contributed by atoms with Crippen LogP contribution in [0.25, 0.3) is 0 Å². The average molecular weight is 280 g/mol. The lowest BCUT2D eigenvalue weighted by Gasteiger charge is -2.16. The normalized spacial score (nSPS) is 14.5. The predicted octanol–water partition coefficient (Wildman–Crippen LogP) is 1.33. The van der Waals surface area contributed by atoms with Gasteiger partial charge in [-0.15, -0.1) is 0 Å². The molecule has 0 bridgehead atoms. The Hall–Kier alpha value is -0.580. The van der Waals surface area contributed by atoms with E-state index in [-0.39, 0.29) is 30.3 Å². The zero-order valence-electron chi connectivity index (χ0n) is 9.54. The first-order chi connectivity index (χ1) is 6.90. The molecule has 0 fully saturated rings. The van der Waals surface area contributed by atoms with Gasteiger partial charge in [0, 0.05) is 12.5 Å². The second-order valence-electron chi connectivity index (χ2n) is 3.77. The van der Waals surface area contributed by atoms with Crippen molar-refractivity contribution in [3.05, 3.63) is 0 Å². The Morgan fingerprint density at radius 3 is 2.27 bits per heavy atom. The highest BCUT2D eigenvalue weighted by Gasteiger charge is 2.20. The highest BCUT2D eigenvalue weighted by atomic mass is 79.9. The summed E-state index contributed by atoms with van der Waals surface area (Å²) in [6, 6.07) is 0. The second-order valence-corrected chi connectivity index (χ2v) is 4.87. The van der Waals surface area contributed by atoms with Crippen LogP contribution in [0, 0.1) is 11.8 Å². The van der Waals surface area contributed by atoms with Gasteiger partial charge in [-0.25, -0.2) is 0 Å². The van der Waals surface area contributed by atoms with Crippen LogP contribution in [0.3, 0.4) is 0 Å². The number of ether oxygens (including phenoxy) is 1. The highest BCUT2D eigenvalue weighted by Crippen LogP contribution is 2.09. The van der Waals surface area contributed by atoms with Gasteiger partial charge in [0.25, 0.3) is 0 Å². The van der Waals surface area contributed by atoms with Gasteiger partial charge in [-0.3, -0.25) is 9.59 Å². The molecule has 0 aromatic heterocycles. The van der Waals surface area contributed by atoms with Gasteiger partial charge in [-0.05, 0) is 5.92 Å². The molecule has 0 aliphatic carbocycles. The van der Waals surface area contributed by atoms with E-state index in [1.807, 2.05) is 20.8 Å². The number of rotatable bonds is 5. The fraction of sp³-hybridized carbons (Fsp3) is 0.800. The minimum Gasteiger partial charge on any atom is -0.468 e. The quantitative estimate of drug-likeness (QED) is 0.610. The van der Waals surface area contributed by atoms with E-state index in [0.717, 1.165) is 0 Å². The van der Waals surface area contributed by atoms with Gasteiger partial charge in [0.1, 0.15) is 4.83 Å². The molecule has 1 N–H and O–H groups in total. The number of carbonyl (C=O) groups is 2. The van der Waals surface area contributed by atoms with E-state index < -0.39 is 4.83 Å². The lowest BCUT2D eigenvalue weighted by molar-refractivity contribution is -0.139. The zero-order chi connectivity index (χ0) is 12.0. The van der Waals surface area contributed by atoms with E-state index in [9.17, 15) is 9.59 Å². The Bertz CT molecular complexity index is 231. The van der Waals surface area contributed by atoms with Crippen molar-refractivity contribution in [1.29, 1.82) is 0 Å². The Kier molecular flexibility index (Phi) is 6.56. The summed E-state index contributed by atoms with van der Waals surface area (Å²) in [5.41, 5.74) is 0. The van der Waals surface area contributed by atoms with Crippen molar-refractivity contribution in [2.75, 3.05) is 13.7 Å². The summed E-state index contributed by atoms with van der Waals surface area (Å²) in [4.78, 5) is 22.0. The molecule has 15 heavy (non-hydrogen) atoms. The van der Waals surface area contributed by atoms with Crippen LogP contribution in [0.15, 0.2) is 0 Å². The van der Waals surface area contributed by atoms with Crippen LogP contribution < -0.4 is 5.32 Å². The Morgan fingerprint density at radius 1 is 1.33 bits per heavy atom. The first kappa shape index (κ1) is 14.4. The first-order valence-electron chi connectivity index (χ1n) is 4.89. The van der Waals surface area contributed by atoms with Crippen LogP contribution in [0.4, 0.5) is 0 Å². The molecule has 0 aliphatic heterocycles. The zero-order valence-corrected chi connectivity index (χ0v) is 11.1. The maximum absolute atomic E-state index is 11.5. The summed E-state index contributed by atoms with van der Waals surface area (Å²) >= 11 is 3.13. The number of esters is 1. The molecule has 0 aromatic rings. The number of halogens is 1. The van der Waals surface area contributed by atoms with Crippen LogP contribution in [0.1, 0.15) is 20.8 Å². The van der Waals surface area contributed by atoms with Crippen LogP contribution in [-0.4, -0.2) is 30.4 Å². The molecule has 0 heterocycles. The van der Waals surface area contributed by atoms with E-state index >= 15 is 0 Å². The van der Waals surface area contributed by atoms with E-state index in [4.69, 9.17) is 0 Å². The van der Waals surface area contributed by atoms with Crippen LogP contribution in [0.2, 0.25) is 0 Å². The predicted molar refractivity (Wildman–Crippen MR) is 61.7 cm³/mol. The molecule has 1 amide bonds. The molecule has 0 aromatic carbocycles. The summed E-state index contributed by atoms with van der Waals surface area (Å²) in [5.74, 6) is -0.190. The highest BCUT2D eigenvalue weighted by molar-refractivity contribution is 9.10. The molecular formula is C10H18BrNO3. The summed E-state index contributed by atoms with van der Waals surface area (Å²) in [6.07, 6.45) is 0. The Balaban J connectivity index is 3.95.